The van der Waals surface area contributed by atoms with Crippen LogP contribution in [0.4, 0.5) is 10.5 Å². The summed E-state index contributed by atoms with van der Waals surface area (Å²) in [5, 5.41) is 5.69. The highest BCUT2D eigenvalue weighted by Crippen LogP contribution is 2.17. The molecule has 9 heteroatoms. The molecule has 0 saturated carbocycles. The number of benzene rings is 2. The van der Waals surface area contributed by atoms with Crippen molar-refractivity contribution in [3.63, 3.8) is 0 Å². The summed E-state index contributed by atoms with van der Waals surface area (Å²) in [4.78, 5) is 26.7. The third-order valence-electron chi connectivity index (χ3n) is 5.06. The van der Waals surface area contributed by atoms with E-state index in [4.69, 9.17) is 0 Å². The van der Waals surface area contributed by atoms with Gasteiger partial charge in [-0.2, -0.15) is 0 Å². The molecule has 30 heavy (non-hydrogen) atoms. The predicted octanol–water partition coefficient (Wildman–Crippen LogP) is 2.46. The Morgan fingerprint density at radius 1 is 1.07 bits per heavy atom. The molecule has 0 radical (unpaired) electrons. The maximum atomic E-state index is 12.6. The van der Waals surface area contributed by atoms with Crippen LogP contribution in [0.5, 0.6) is 0 Å². The molecule has 3 rings (SSSR count). The largest absolute Gasteiger partial charge is 0.348 e. The number of amides is 3. The first-order chi connectivity index (χ1) is 14.3. The number of likely N-dealkylation sites (tertiary alicyclic amines) is 1. The average Bonchev–Trinajstić information content (AvgIpc) is 3.27. The zero-order chi connectivity index (χ0) is 21.7. The third-order valence-corrected chi connectivity index (χ3v) is 6.47. The van der Waals surface area contributed by atoms with Gasteiger partial charge in [-0.15, -0.1) is 0 Å². The summed E-state index contributed by atoms with van der Waals surface area (Å²) in [6.07, 6.45) is 2.05. The topological polar surface area (TPSA) is 108 Å². The minimum atomic E-state index is -3.64. The summed E-state index contributed by atoms with van der Waals surface area (Å²) in [5.74, 6) is -0.368. The van der Waals surface area contributed by atoms with E-state index in [0.29, 0.717) is 16.8 Å². The van der Waals surface area contributed by atoms with E-state index >= 15 is 0 Å². The van der Waals surface area contributed by atoms with E-state index in [2.05, 4.69) is 15.4 Å². The molecule has 1 aliphatic rings. The Hall–Kier alpha value is -2.91. The van der Waals surface area contributed by atoms with Crippen LogP contribution in [0.2, 0.25) is 0 Å². The molecule has 160 valence electrons. The van der Waals surface area contributed by atoms with Gasteiger partial charge in [0.15, 0.2) is 0 Å². The summed E-state index contributed by atoms with van der Waals surface area (Å²) in [5.41, 5.74) is 2.45. The van der Waals surface area contributed by atoms with E-state index in [1.165, 1.54) is 19.2 Å². The second-order valence-corrected chi connectivity index (χ2v) is 9.08. The van der Waals surface area contributed by atoms with Crippen LogP contribution in [0, 0.1) is 6.92 Å². The van der Waals surface area contributed by atoms with Gasteiger partial charge in [0.25, 0.3) is 5.91 Å². The lowest BCUT2D eigenvalue weighted by Gasteiger charge is -2.16. The van der Waals surface area contributed by atoms with Gasteiger partial charge in [0.2, 0.25) is 10.0 Å². The Bertz CT molecular complexity index is 1050. The Morgan fingerprint density at radius 2 is 1.80 bits per heavy atom. The first kappa shape index (κ1) is 21.8. The maximum Gasteiger partial charge on any atom is 0.321 e. The molecule has 0 unspecified atom stereocenters. The van der Waals surface area contributed by atoms with Crippen LogP contribution in [0.25, 0.3) is 0 Å². The SMILES string of the molecule is CNS(=O)(=O)c1ccc(C)c(C(=O)NCc2cccc(NC(=O)N3CCCC3)c2)c1. The second kappa shape index (κ2) is 9.27. The van der Waals surface area contributed by atoms with E-state index in [0.717, 1.165) is 31.5 Å². The average molecular weight is 431 g/mol. The van der Waals surface area contributed by atoms with Gasteiger partial charge in [0, 0.05) is 30.9 Å². The number of hydrogen-bond acceptors (Lipinski definition) is 4. The summed E-state index contributed by atoms with van der Waals surface area (Å²) < 4.78 is 26.3. The molecule has 0 atom stereocenters. The van der Waals surface area contributed by atoms with Crippen molar-refractivity contribution in [1.29, 1.82) is 0 Å². The van der Waals surface area contributed by atoms with Crippen LogP contribution >= 0.6 is 0 Å². The molecule has 0 spiro atoms. The normalized spacial score (nSPS) is 13.9. The second-order valence-electron chi connectivity index (χ2n) is 7.19. The number of nitrogens with one attached hydrogen (secondary N) is 3. The van der Waals surface area contributed by atoms with E-state index in [1.54, 1.807) is 24.0 Å². The fourth-order valence-electron chi connectivity index (χ4n) is 3.29. The van der Waals surface area contributed by atoms with Crippen LogP contribution in [0.1, 0.15) is 34.3 Å². The van der Waals surface area contributed by atoms with Gasteiger partial charge in [-0.1, -0.05) is 18.2 Å². The number of hydrogen-bond donors (Lipinski definition) is 3. The first-order valence-corrected chi connectivity index (χ1v) is 11.3. The van der Waals surface area contributed by atoms with Crippen LogP contribution in [-0.4, -0.2) is 45.4 Å². The first-order valence-electron chi connectivity index (χ1n) is 9.77. The maximum absolute atomic E-state index is 12.6. The van der Waals surface area contributed by atoms with Crippen molar-refractivity contribution in [1.82, 2.24) is 14.9 Å². The minimum Gasteiger partial charge on any atom is -0.348 e. The molecule has 1 fully saturated rings. The van der Waals surface area contributed by atoms with Crippen LogP contribution in [0.3, 0.4) is 0 Å². The number of anilines is 1. The Kier molecular flexibility index (Phi) is 6.73. The number of aryl methyl sites for hydroxylation is 1. The molecular formula is C21H26N4O4S. The summed E-state index contributed by atoms with van der Waals surface area (Å²) in [7, 11) is -2.31. The number of sulfonamides is 1. The number of carbonyl (C=O) groups excluding carboxylic acids is 2. The van der Waals surface area contributed by atoms with Crippen molar-refractivity contribution in [2.24, 2.45) is 0 Å². The Morgan fingerprint density at radius 3 is 2.50 bits per heavy atom. The van der Waals surface area contributed by atoms with Crippen molar-refractivity contribution < 1.29 is 18.0 Å². The molecule has 1 aliphatic heterocycles. The zero-order valence-electron chi connectivity index (χ0n) is 17.1. The van der Waals surface area contributed by atoms with E-state index in [9.17, 15) is 18.0 Å². The molecule has 0 bridgehead atoms. The summed E-state index contributed by atoms with van der Waals surface area (Å²) in [6, 6.07) is 11.6. The molecule has 1 heterocycles. The van der Waals surface area contributed by atoms with Crippen molar-refractivity contribution in [3.8, 4) is 0 Å². The lowest BCUT2D eigenvalue weighted by molar-refractivity contribution is 0.0950. The van der Waals surface area contributed by atoms with Gasteiger partial charge >= 0.3 is 6.03 Å². The van der Waals surface area contributed by atoms with Crippen LogP contribution < -0.4 is 15.4 Å². The number of rotatable bonds is 6. The van der Waals surface area contributed by atoms with Crippen LogP contribution in [-0.2, 0) is 16.6 Å². The van der Waals surface area contributed by atoms with Crippen molar-refractivity contribution in [2.45, 2.75) is 31.2 Å². The number of carbonyl (C=O) groups is 2. The highest BCUT2D eigenvalue weighted by atomic mass is 32.2. The number of urea groups is 1. The molecule has 3 amide bonds. The van der Waals surface area contributed by atoms with Crippen molar-refractivity contribution in [2.75, 3.05) is 25.5 Å². The molecule has 8 nitrogen and oxygen atoms in total. The van der Waals surface area contributed by atoms with E-state index in [1.807, 2.05) is 18.2 Å². The van der Waals surface area contributed by atoms with Gasteiger partial charge in [-0.05, 0) is 62.2 Å². The fourth-order valence-corrected chi connectivity index (χ4v) is 4.05. The van der Waals surface area contributed by atoms with E-state index in [-0.39, 0.29) is 23.4 Å². The molecule has 0 aromatic heterocycles. The lowest BCUT2D eigenvalue weighted by atomic mass is 10.1. The van der Waals surface area contributed by atoms with Gasteiger partial charge in [-0.3, -0.25) is 4.79 Å². The Labute approximate surface area is 176 Å². The minimum absolute atomic E-state index is 0.0346. The highest BCUT2D eigenvalue weighted by Gasteiger charge is 2.18. The Balaban J connectivity index is 1.66. The zero-order valence-corrected chi connectivity index (χ0v) is 17.9. The van der Waals surface area contributed by atoms with Crippen molar-refractivity contribution in [3.05, 3.63) is 59.2 Å². The molecule has 2 aromatic rings. The standard InChI is InChI=1S/C21H26N4O4S/c1-15-8-9-18(30(28,29)22-2)13-19(15)20(26)23-14-16-6-5-7-17(12-16)24-21(27)25-10-3-4-11-25/h5-9,12-13,22H,3-4,10-11,14H2,1-2H3,(H,23,26)(H,24,27). The molecule has 2 aromatic carbocycles. The van der Waals surface area contributed by atoms with Gasteiger partial charge in [0.05, 0.1) is 4.90 Å². The third kappa shape index (κ3) is 5.17. The van der Waals surface area contributed by atoms with Crippen LogP contribution in [0.15, 0.2) is 47.4 Å². The predicted molar refractivity (Wildman–Crippen MR) is 115 cm³/mol. The molecule has 3 N–H and O–H groups in total. The quantitative estimate of drug-likeness (QED) is 0.654. The summed E-state index contributed by atoms with van der Waals surface area (Å²) >= 11 is 0. The molecule has 0 aliphatic carbocycles. The molecule has 1 saturated heterocycles. The van der Waals surface area contributed by atoms with Gasteiger partial charge < -0.3 is 15.5 Å². The van der Waals surface area contributed by atoms with Gasteiger partial charge in [0.1, 0.15) is 0 Å². The summed E-state index contributed by atoms with van der Waals surface area (Å²) in [6.45, 7) is 3.53. The van der Waals surface area contributed by atoms with E-state index < -0.39 is 10.0 Å². The monoisotopic (exact) mass is 430 g/mol. The smallest absolute Gasteiger partial charge is 0.321 e. The number of nitrogens with zero attached hydrogens (tertiary/aromatic N) is 1. The fraction of sp³-hybridized carbons (Fsp3) is 0.333. The highest BCUT2D eigenvalue weighted by molar-refractivity contribution is 7.89. The van der Waals surface area contributed by atoms with Gasteiger partial charge in [-0.25, -0.2) is 17.9 Å². The van der Waals surface area contributed by atoms with Crippen molar-refractivity contribution >= 4 is 27.6 Å². The molecular weight excluding hydrogens is 404 g/mol. The lowest BCUT2D eigenvalue weighted by Crippen LogP contribution is -2.32.